The van der Waals surface area contributed by atoms with Gasteiger partial charge in [0.15, 0.2) is 5.75 Å². The molecule has 8 heteroatoms. The van der Waals surface area contributed by atoms with Crippen LogP contribution < -0.4 is 4.74 Å². The molecule has 1 aromatic rings. The van der Waals surface area contributed by atoms with E-state index < -0.39 is 12.2 Å². The molecule has 2 rings (SSSR count). The summed E-state index contributed by atoms with van der Waals surface area (Å²) in [5.74, 6) is 0.260. The first-order chi connectivity index (χ1) is 10.3. The van der Waals surface area contributed by atoms with Crippen molar-refractivity contribution in [3.63, 3.8) is 0 Å². The van der Waals surface area contributed by atoms with Gasteiger partial charge in [-0.05, 0) is 33.6 Å². The normalized spacial score (nSPS) is 18.8. The van der Waals surface area contributed by atoms with E-state index in [1.54, 1.807) is 4.90 Å². The Hall–Kier alpha value is -1.86. The van der Waals surface area contributed by atoms with E-state index in [1.165, 1.54) is 6.20 Å². The minimum absolute atomic E-state index is 0.121. The zero-order valence-electron chi connectivity index (χ0n) is 13.0. The van der Waals surface area contributed by atoms with Crippen LogP contribution in [0.3, 0.4) is 0 Å². The molecule has 0 saturated carbocycles. The Balaban J connectivity index is 1.89. The second-order valence-corrected chi connectivity index (χ2v) is 6.21. The molecule has 0 N–H and O–H groups in total. The fourth-order valence-electron chi connectivity index (χ4n) is 2.26. The number of carbonyl (C=O) groups is 1. The average molecular weight is 317 g/mol. The second kappa shape index (κ2) is 6.50. The van der Waals surface area contributed by atoms with Gasteiger partial charge >= 0.3 is 12.6 Å². The van der Waals surface area contributed by atoms with Crippen LogP contribution in [0.2, 0.25) is 0 Å². The second-order valence-electron chi connectivity index (χ2n) is 6.21. The van der Waals surface area contributed by atoms with Crippen molar-refractivity contribution in [3.05, 3.63) is 12.4 Å². The summed E-state index contributed by atoms with van der Waals surface area (Å²) in [4.78, 5) is 13.7. The molecule has 2 heterocycles. The molecule has 1 fully saturated rings. The lowest BCUT2D eigenvalue weighted by Gasteiger charge is -2.28. The van der Waals surface area contributed by atoms with Crippen LogP contribution >= 0.6 is 0 Å². The van der Waals surface area contributed by atoms with Gasteiger partial charge < -0.3 is 14.4 Å². The molecule has 6 nitrogen and oxygen atoms in total. The molecular weight excluding hydrogens is 296 g/mol. The molecule has 0 radical (unpaired) electrons. The molecule has 22 heavy (non-hydrogen) atoms. The first-order valence-corrected chi connectivity index (χ1v) is 7.21. The minimum Gasteiger partial charge on any atom is -0.488 e. The summed E-state index contributed by atoms with van der Waals surface area (Å²) in [6, 6.07) is -0.121. The fraction of sp³-hybridized carbons (Fsp3) is 0.714. The molecule has 1 amide bonds. The molecule has 0 aromatic carbocycles. The van der Waals surface area contributed by atoms with Crippen molar-refractivity contribution < 1.29 is 23.0 Å². The standard InChI is InChI=1S/C14H21F2N3O3/c1-14(2,3)22-13(20)18-6-4-5-10(18)9-21-11-7-17-19(8-11)12(15)16/h7-8,10,12H,4-6,9H2,1-3H3/t10-/m1/s1. The Morgan fingerprint density at radius 3 is 2.82 bits per heavy atom. The Morgan fingerprint density at radius 2 is 2.23 bits per heavy atom. The van der Waals surface area contributed by atoms with Crippen LogP contribution in [0.4, 0.5) is 13.6 Å². The SMILES string of the molecule is CC(C)(C)OC(=O)N1CCC[C@@H]1COc1cnn(C(F)F)c1. The predicted octanol–water partition coefficient (Wildman–Crippen LogP) is 3.06. The number of likely N-dealkylation sites (tertiary alicyclic amines) is 1. The van der Waals surface area contributed by atoms with E-state index in [1.807, 2.05) is 20.8 Å². The summed E-state index contributed by atoms with van der Waals surface area (Å²) in [5.41, 5.74) is -0.552. The first kappa shape index (κ1) is 16.5. The van der Waals surface area contributed by atoms with Gasteiger partial charge in [-0.25, -0.2) is 9.48 Å². The summed E-state index contributed by atoms with van der Waals surface area (Å²) in [6.45, 7) is 3.58. The molecule has 0 bridgehead atoms. The van der Waals surface area contributed by atoms with E-state index in [-0.39, 0.29) is 24.5 Å². The minimum atomic E-state index is -2.69. The summed E-state index contributed by atoms with van der Waals surface area (Å²) in [6.07, 6.45) is 3.66. The maximum absolute atomic E-state index is 12.4. The number of carbonyl (C=O) groups excluding carboxylic acids is 1. The van der Waals surface area contributed by atoms with Crippen LogP contribution in [0.5, 0.6) is 5.75 Å². The van der Waals surface area contributed by atoms with Gasteiger partial charge in [-0.1, -0.05) is 0 Å². The van der Waals surface area contributed by atoms with Crippen molar-refractivity contribution in [2.75, 3.05) is 13.2 Å². The van der Waals surface area contributed by atoms with Crippen LogP contribution in [-0.2, 0) is 4.74 Å². The predicted molar refractivity (Wildman–Crippen MR) is 74.9 cm³/mol. The van der Waals surface area contributed by atoms with Crippen molar-refractivity contribution in [2.45, 2.75) is 51.8 Å². The summed E-state index contributed by atoms with van der Waals surface area (Å²) in [5, 5.41) is 3.50. The highest BCUT2D eigenvalue weighted by molar-refractivity contribution is 5.69. The van der Waals surface area contributed by atoms with Gasteiger partial charge in [0.25, 0.3) is 0 Å². The van der Waals surface area contributed by atoms with E-state index in [2.05, 4.69) is 5.10 Å². The van der Waals surface area contributed by atoms with Crippen molar-refractivity contribution in [1.82, 2.24) is 14.7 Å². The lowest BCUT2D eigenvalue weighted by Crippen LogP contribution is -2.42. The van der Waals surface area contributed by atoms with Gasteiger partial charge in [0, 0.05) is 6.54 Å². The highest BCUT2D eigenvalue weighted by Crippen LogP contribution is 2.22. The molecule has 1 atom stereocenters. The number of halogens is 2. The maximum Gasteiger partial charge on any atom is 0.410 e. The van der Waals surface area contributed by atoms with Gasteiger partial charge in [-0.15, -0.1) is 0 Å². The molecule has 0 aliphatic carbocycles. The van der Waals surface area contributed by atoms with Gasteiger partial charge in [0.05, 0.1) is 18.4 Å². The van der Waals surface area contributed by atoms with Crippen LogP contribution in [0.25, 0.3) is 0 Å². The number of alkyl halides is 2. The Labute approximate surface area is 128 Å². The van der Waals surface area contributed by atoms with Crippen molar-refractivity contribution >= 4 is 6.09 Å². The summed E-state index contributed by atoms with van der Waals surface area (Å²) >= 11 is 0. The van der Waals surface area contributed by atoms with Crippen LogP contribution in [0.1, 0.15) is 40.2 Å². The molecule has 1 aromatic heterocycles. The van der Waals surface area contributed by atoms with Gasteiger partial charge in [-0.3, -0.25) is 0 Å². The van der Waals surface area contributed by atoms with Crippen LogP contribution in [0.15, 0.2) is 12.4 Å². The number of aromatic nitrogens is 2. The topological polar surface area (TPSA) is 56.6 Å². The number of nitrogens with zero attached hydrogens (tertiary/aromatic N) is 3. The average Bonchev–Trinajstić information content (AvgIpc) is 3.03. The third-order valence-corrected chi connectivity index (χ3v) is 3.23. The largest absolute Gasteiger partial charge is 0.488 e. The number of hydrogen-bond acceptors (Lipinski definition) is 4. The molecule has 1 aliphatic heterocycles. The zero-order valence-corrected chi connectivity index (χ0v) is 13.0. The third kappa shape index (κ3) is 4.32. The lowest BCUT2D eigenvalue weighted by atomic mass is 10.2. The Kier molecular flexibility index (Phi) is 4.87. The summed E-state index contributed by atoms with van der Waals surface area (Å²) < 4.78 is 36.2. The number of amides is 1. The zero-order chi connectivity index (χ0) is 16.3. The van der Waals surface area contributed by atoms with Crippen molar-refractivity contribution in [2.24, 2.45) is 0 Å². The Bertz CT molecular complexity index is 514. The molecule has 1 saturated heterocycles. The number of ether oxygens (including phenoxy) is 2. The Morgan fingerprint density at radius 1 is 1.50 bits per heavy atom. The molecular formula is C14H21F2N3O3. The third-order valence-electron chi connectivity index (χ3n) is 3.23. The van der Waals surface area contributed by atoms with E-state index in [0.717, 1.165) is 19.0 Å². The molecule has 0 spiro atoms. The first-order valence-electron chi connectivity index (χ1n) is 7.21. The smallest absolute Gasteiger partial charge is 0.410 e. The highest BCUT2D eigenvalue weighted by Gasteiger charge is 2.32. The fourth-order valence-corrected chi connectivity index (χ4v) is 2.26. The van der Waals surface area contributed by atoms with E-state index in [0.29, 0.717) is 11.2 Å². The monoisotopic (exact) mass is 317 g/mol. The van der Waals surface area contributed by atoms with E-state index in [4.69, 9.17) is 9.47 Å². The molecule has 1 aliphatic rings. The molecule has 124 valence electrons. The molecule has 0 unspecified atom stereocenters. The van der Waals surface area contributed by atoms with E-state index in [9.17, 15) is 13.6 Å². The lowest BCUT2D eigenvalue weighted by molar-refractivity contribution is 0.0187. The van der Waals surface area contributed by atoms with Gasteiger partial charge in [0.2, 0.25) is 0 Å². The highest BCUT2D eigenvalue weighted by atomic mass is 19.3. The maximum atomic E-state index is 12.4. The van der Waals surface area contributed by atoms with Crippen molar-refractivity contribution in [1.29, 1.82) is 0 Å². The van der Waals surface area contributed by atoms with Gasteiger partial charge in [0.1, 0.15) is 12.2 Å². The van der Waals surface area contributed by atoms with E-state index >= 15 is 0 Å². The summed E-state index contributed by atoms with van der Waals surface area (Å²) in [7, 11) is 0. The van der Waals surface area contributed by atoms with Crippen LogP contribution in [0, 0.1) is 0 Å². The number of rotatable bonds is 4. The van der Waals surface area contributed by atoms with Crippen LogP contribution in [-0.4, -0.2) is 45.6 Å². The van der Waals surface area contributed by atoms with Gasteiger partial charge in [-0.2, -0.15) is 13.9 Å². The quantitative estimate of drug-likeness (QED) is 0.856. The van der Waals surface area contributed by atoms with Crippen molar-refractivity contribution in [3.8, 4) is 5.75 Å². The number of hydrogen-bond donors (Lipinski definition) is 0.